The van der Waals surface area contributed by atoms with Crippen molar-refractivity contribution in [3.8, 4) is 5.69 Å². The van der Waals surface area contributed by atoms with Crippen LogP contribution in [0, 0.1) is 0 Å². The summed E-state index contributed by atoms with van der Waals surface area (Å²) in [5, 5.41) is 20.1. The number of nitrogens with one attached hydrogen (secondary N) is 1. The van der Waals surface area contributed by atoms with Crippen molar-refractivity contribution in [1.29, 1.82) is 0 Å². The second-order valence-corrected chi connectivity index (χ2v) is 5.44. The molecule has 0 radical (unpaired) electrons. The Labute approximate surface area is 139 Å². The Balaban J connectivity index is 1.70. The first-order valence-corrected chi connectivity index (χ1v) is 7.68. The molecular weight excluding hydrogens is 304 g/mol. The lowest BCUT2D eigenvalue weighted by molar-refractivity contribution is 0.0916. The van der Waals surface area contributed by atoms with Gasteiger partial charge in [-0.15, -0.1) is 5.10 Å². The van der Waals surface area contributed by atoms with Crippen molar-refractivity contribution >= 4 is 5.91 Å². The SMILES string of the molecule is O=C(N[C@H](CO)Cc1ccccc1)c1cccc(-n2ccnn2)c1. The number of amides is 1. The maximum Gasteiger partial charge on any atom is 0.251 e. The Morgan fingerprint density at radius 1 is 1.17 bits per heavy atom. The van der Waals surface area contributed by atoms with Crippen molar-refractivity contribution in [3.05, 3.63) is 78.1 Å². The lowest BCUT2D eigenvalue weighted by Gasteiger charge is -2.16. The molecule has 0 saturated carbocycles. The second-order valence-electron chi connectivity index (χ2n) is 5.44. The summed E-state index contributed by atoms with van der Waals surface area (Å²) in [6.45, 7) is -0.122. The van der Waals surface area contributed by atoms with E-state index in [1.165, 1.54) is 0 Å². The standard InChI is InChI=1S/C18H18N4O2/c23-13-16(11-14-5-2-1-3-6-14)20-18(24)15-7-4-8-17(12-15)22-10-9-19-21-22/h1-10,12,16,23H,11,13H2,(H,20,24)/t16-/m0/s1. The van der Waals surface area contributed by atoms with Crippen LogP contribution in [0.15, 0.2) is 67.0 Å². The first kappa shape index (κ1) is 15.9. The average molecular weight is 322 g/mol. The van der Waals surface area contributed by atoms with Crippen molar-refractivity contribution in [2.45, 2.75) is 12.5 Å². The van der Waals surface area contributed by atoms with Crippen molar-refractivity contribution in [3.63, 3.8) is 0 Å². The predicted molar refractivity (Wildman–Crippen MR) is 89.8 cm³/mol. The molecule has 0 aliphatic rings. The smallest absolute Gasteiger partial charge is 0.251 e. The van der Waals surface area contributed by atoms with E-state index >= 15 is 0 Å². The zero-order valence-corrected chi connectivity index (χ0v) is 13.0. The summed E-state index contributed by atoms with van der Waals surface area (Å²) in [5.41, 5.74) is 2.33. The predicted octanol–water partition coefficient (Wildman–Crippen LogP) is 1.60. The molecule has 3 aromatic rings. The number of aliphatic hydroxyl groups excluding tert-OH is 1. The summed E-state index contributed by atoms with van der Waals surface area (Å²) in [5.74, 6) is -0.230. The van der Waals surface area contributed by atoms with Crippen LogP contribution >= 0.6 is 0 Å². The van der Waals surface area contributed by atoms with E-state index in [9.17, 15) is 9.90 Å². The van der Waals surface area contributed by atoms with E-state index in [1.54, 1.807) is 35.3 Å². The van der Waals surface area contributed by atoms with Gasteiger partial charge in [-0.1, -0.05) is 41.6 Å². The topological polar surface area (TPSA) is 80.0 Å². The highest BCUT2D eigenvalue weighted by Crippen LogP contribution is 2.10. The monoisotopic (exact) mass is 322 g/mol. The van der Waals surface area contributed by atoms with Gasteiger partial charge in [0.25, 0.3) is 5.91 Å². The van der Waals surface area contributed by atoms with Crippen molar-refractivity contribution in [1.82, 2.24) is 20.3 Å². The number of benzene rings is 2. The van der Waals surface area contributed by atoms with Gasteiger partial charge in [0.2, 0.25) is 0 Å². The minimum absolute atomic E-state index is 0.122. The minimum atomic E-state index is -0.338. The Hall–Kier alpha value is -2.99. The number of carbonyl (C=O) groups excluding carboxylic acids is 1. The summed E-state index contributed by atoms with van der Waals surface area (Å²) < 4.78 is 1.59. The molecule has 0 bridgehead atoms. The number of carbonyl (C=O) groups is 1. The second kappa shape index (κ2) is 7.52. The molecular formula is C18H18N4O2. The number of rotatable bonds is 6. The highest BCUT2D eigenvalue weighted by molar-refractivity contribution is 5.94. The van der Waals surface area contributed by atoms with Gasteiger partial charge in [-0.25, -0.2) is 4.68 Å². The van der Waals surface area contributed by atoms with Gasteiger partial charge >= 0.3 is 0 Å². The number of nitrogens with zero attached hydrogens (tertiary/aromatic N) is 3. The fourth-order valence-electron chi connectivity index (χ4n) is 2.46. The van der Waals surface area contributed by atoms with Gasteiger partial charge in [0, 0.05) is 5.56 Å². The van der Waals surface area contributed by atoms with Crippen LogP contribution in [-0.2, 0) is 6.42 Å². The lowest BCUT2D eigenvalue weighted by atomic mass is 10.1. The third-order valence-electron chi connectivity index (χ3n) is 3.68. The van der Waals surface area contributed by atoms with Crippen LogP contribution in [0.3, 0.4) is 0 Å². The maximum atomic E-state index is 12.5. The highest BCUT2D eigenvalue weighted by Gasteiger charge is 2.14. The molecule has 6 nitrogen and oxygen atoms in total. The van der Waals surface area contributed by atoms with Crippen LogP contribution in [0.4, 0.5) is 0 Å². The zero-order chi connectivity index (χ0) is 16.8. The fraction of sp³-hybridized carbons (Fsp3) is 0.167. The quantitative estimate of drug-likeness (QED) is 0.722. The molecule has 1 amide bonds. The van der Waals surface area contributed by atoms with Crippen molar-refractivity contribution in [2.24, 2.45) is 0 Å². The van der Waals surface area contributed by atoms with E-state index in [-0.39, 0.29) is 18.6 Å². The Morgan fingerprint density at radius 3 is 2.71 bits per heavy atom. The fourth-order valence-corrected chi connectivity index (χ4v) is 2.46. The largest absolute Gasteiger partial charge is 0.394 e. The van der Waals surface area contributed by atoms with E-state index < -0.39 is 0 Å². The van der Waals surface area contributed by atoms with Gasteiger partial charge in [0.05, 0.1) is 30.7 Å². The molecule has 1 heterocycles. The Bertz CT molecular complexity index is 788. The molecule has 0 saturated heterocycles. The van der Waals surface area contributed by atoms with E-state index in [0.29, 0.717) is 12.0 Å². The molecule has 122 valence electrons. The molecule has 24 heavy (non-hydrogen) atoms. The molecule has 3 rings (SSSR count). The van der Waals surface area contributed by atoms with Crippen LogP contribution in [0.25, 0.3) is 5.69 Å². The van der Waals surface area contributed by atoms with E-state index in [2.05, 4.69) is 15.6 Å². The summed E-state index contributed by atoms with van der Waals surface area (Å²) in [4.78, 5) is 12.5. The lowest BCUT2D eigenvalue weighted by Crippen LogP contribution is -2.39. The van der Waals surface area contributed by atoms with Gasteiger partial charge in [-0.05, 0) is 30.2 Å². The van der Waals surface area contributed by atoms with E-state index in [4.69, 9.17) is 0 Å². The molecule has 0 spiro atoms. The highest BCUT2D eigenvalue weighted by atomic mass is 16.3. The van der Waals surface area contributed by atoms with Crippen molar-refractivity contribution < 1.29 is 9.90 Å². The normalized spacial score (nSPS) is 11.9. The van der Waals surface area contributed by atoms with Gasteiger partial charge in [0.1, 0.15) is 0 Å². The molecule has 2 aromatic carbocycles. The summed E-state index contributed by atoms with van der Waals surface area (Å²) in [6.07, 6.45) is 3.86. The molecule has 0 aliphatic carbocycles. The molecule has 2 N–H and O–H groups in total. The Morgan fingerprint density at radius 2 is 2.00 bits per heavy atom. The molecule has 1 aromatic heterocycles. The molecule has 1 atom stereocenters. The van der Waals surface area contributed by atoms with E-state index in [0.717, 1.165) is 11.3 Å². The van der Waals surface area contributed by atoms with Crippen LogP contribution < -0.4 is 5.32 Å². The number of aromatic nitrogens is 3. The van der Waals surface area contributed by atoms with Crippen LogP contribution in [0.2, 0.25) is 0 Å². The number of aliphatic hydroxyl groups is 1. The van der Waals surface area contributed by atoms with E-state index in [1.807, 2.05) is 36.4 Å². The summed E-state index contributed by atoms with van der Waals surface area (Å²) in [6, 6.07) is 16.5. The number of hydrogen-bond acceptors (Lipinski definition) is 4. The van der Waals surface area contributed by atoms with Gasteiger partial charge in [0.15, 0.2) is 0 Å². The Kier molecular flexibility index (Phi) is 4.98. The minimum Gasteiger partial charge on any atom is -0.394 e. The van der Waals surface area contributed by atoms with Gasteiger partial charge < -0.3 is 10.4 Å². The van der Waals surface area contributed by atoms with Crippen LogP contribution in [0.1, 0.15) is 15.9 Å². The molecule has 0 fully saturated rings. The molecule has 0 aliphatic heterocycles. The average Bonchev–Trinajstić information content (AvgIpc) is 3.17. The number of hydrogen-bond donors (Lipinski definition) is 2. The van der Waals surface area contributed by atoms with Crippen molar-refractivity contribution in [2.75, 3.05) is 6.61 Å². The first-order chi connectivity index (χ1) is 11.8. The summed E-state index contributed by atoms with van der Waals surface area (Å²) in [7, 11) is 0. The zero-order valence-electron chi connectivity index (χ0n) is 13.0. The summed E-state index contributed by atoms with van der Waals surface area (Å²) >= 11 is 0. The van der Waals surface area contributed by atoms with Crippen LogP contribution in [0.5, 0.6) is 0 Å². The third kappa shape index (κ3) is 3.85. The molecule has 6 heteroatoms. The third-order valence-corrected chi connectivity index (χ3v) is 3.68. The van der Waals surface area contributed by atoms with Crippen LogP contribution in [-0.4, -0.2) is 38.7 Å². The molecule has 0 unspecified atom stereocenters. The first-order valence-electron chi connectivity index (χ1n) is 7.68. The maximum absolute atomic E-state index is 12.5. The van der Waals surface area contributed by atoms with Gasteiger partial charge in [-0.3, -0.25) is 4.79 Å². The van der Waals surface area contributed by atoms with Gasteiger partial charge in [-0.2, -0.15) is 0 Å².